The molecule has 4 aliphatic carbocycles. The predicted molar refractivity (Wildman–Crippen MR) is 132 cm³/mol. The average Bonchev–Trinajstić information content (AvgIpc) is 3.62. The molecule has 2 aromatic rings. The molecular formula is C26H32FN5O3. The zero-order chi connectivity index (χ0) is 25.0. The van der Waals surface area contributed by atoms with Crippen molar-refractivity contribution in [2.75, 3.05) is 18.1 Å². The zero-order valence-electron chi connectivity index (χ0n) is 19.9. The van der Waals surface area contributed by atoms with Gasteiger partial charge < -0.3 is 20.3 Å². The molecule has 1 aromatic carbocycles. The Morgan fingerprint density at radius 1 is 1.31 bits per heavy atom. The van der Waals surface area contributed by atoms with E-state index in [2.05, 4.69) is 28.5 Å². The lowest BCUT2D eigenvalue weighted by Crippen LogP contribution is -2.49. The number of amides is 1. The number of nitrogens with two attached hydrogens (primary N) is 1. The highest BCUT2D eigenvalue weighted by molar-refractivity contribution is 5.98. The molecule has 35 heavy (non-hydrogen) atoms. The van der Waals surface area contributed by atoms with Gasteiger partial charge in [-0.25, -0.2) is 0 Å². The van der Waals surface area contributed by atoms with Crippen LogP contribution in [0.3, 0.4) is 0 Å². The van der Waals surface area contributed by atoms with Gasteiger partial charge in [0.2, 0.25) is 17.7 Å². The van der Waals surface area contributed by atoms with Crippen molar-refractivity contribution in [2.45, 2.75) is 57.3 Å². The van der Waals surface area contributed by atoms with Gasteiger partial charge in [-0.3, -0.25) is 9.18 Å². The largest absolute Gasteiger partial charge is 0.420 e. The first-order valence-corrected chi connectivity index (χ1v) is 12.0. The van der Waals surface area contributed by atoms with E-state index in [-0.39, 0.29) is 30.0 Å². The third-order valence-corrected chi connectivity index (χ3v) is 7.02. The summed E-state index contributed by atoms with van der Waals surface area (Å²) in [6.45, 7) is 6.03. The van der Waals surface area contributed by atoms with E-state index < -0.39 is 6.67 Å². The molecule has 2 saturated carbocycles. The number of rotatable bonds is 9. The smallest absolute Gasteiger partial charge is 0.247 e. The van der Waals surface area contributed by atoms with E-state index in [1.807, 2.05) is 24.3 Å². The Labute approximate surface area is 204 Å². The molecule has 1 aromatic heterocycles. The highest BCUT2D eigenvalue weighted by Gasteiger charge is 2.47. The summed E-state index contributed by atoms with van der Waals surface area (Å²) in [7, 11) is 0. The number of anilines is 1. The van der Waals surface area contributed by atoms with Crippen molar-refractivity contribution in [1.29, 1.82) is 0 Å². The van der Waals surface area contributed by atoms with E-state index in [9.17, 15) is 9.18 Å². The van der Waals surface area contributed by atoms with Crippen LogP contribution in [0.15, 0.2) is 58.1 Å². The summed E-state index contributed by atoms with van der Waals surface area (Å²) >= 11 is 0. The van der Waals surface area contributed by atoms with Crippen LogP contribution >= 0.6 is 0 Å². The quantitative estimate of drug-likeness (QED) is 0.169. The molecule has 0 saturated heterocycles. The fourth-order valence-electron chi connectivity index (χ4n) is 5.04. The molecule has 1 heterocycles. The minimum absolute atomic E-state index is 0.0421. The molecule has 2 fully saturated rings. The van der Waals surface area contributed by atoms with Crippen molar-refractivity contribution >= 4 is 17.4 Å². The number of amidine groups is 1. The Morgan fingerprint density at radius 2 is 2.09 bits per heavy atom. The summed E-state index contributed by atoms with van der Waals surface area (Å²) < 4.78 is 18.7. The Bertz CT molecular complexity index is 1130. The first-order chi connectivity index (χ1) is 17.0. The molecular weight excluding hydrogens is 449 g/mol. The number of hydrogen-bond donors (Lipinski definition) is 2. The highest BCUT2D eigenvalue weighted by atomic mass is 19.1. The Hall–Kier alpha value is -3.49. The van der Waals surface area contributed by atoms with Crippen LogP contribution in [-0.4, -0.2) is 40.4 Å². The number of halogens is 1. The van der Waals surface area contributed by atoms with E-state index >= 15 is 0 Å². The average molecular weight is 482 g/mol. The van der Waals surface area contributed by atoms with Crippen LogP contribution in [0.1, 0.15) is 63.2 Å². The molecule has 0 unspecified atom stereocenters. The normalized spacial score (nSPS) is 18.4. The third-order valence-electron chi connectivity index (χ3n) is 7.02. The highest BCUT2D eigenvalue weighted by Crippen LogP contribution is 2.55. The second-order valence-corrected chi connectivity index (χ2v) is 9.46. The Balaban J connectivity index is 0.00000141. The lowest BCUT2D eigenvalue weighted by Gasteiger charge is -2.51. The fraction of sp³-hybridized carbons (Fsp3) is 0.462. The number of oxime groups is 1. The SMILES string of the molecule is C=C.N/C(=N\O)C1=C2CC(CN(C(=O)CCCF)c3cccc(-c4nnc(C5CC5)o4)c3)(CC1)C2. The lowest BCUT2D eigenvalue weighted by atomic mass is 9.57. The number of allylic oxidation sites excluding steroid dienone is 1. The van der Waals surface area contributed by atoms with Crippen LogP contribution in [0.25, 0.3) is 11.5 Å². The molecule has 0 spiro atoms. The maximum absolute atomic E-state index is 13.1. The van der Waals surface area contributed by atoms with Crippen molar-refractivity contribution in [3.05, 3.63) is 54.5 Å². The third kappa shape index (κ3) is 5.13. The van der Waals surface area contributed by atoms with Crippen molar-refractivity contribution in [1.82, 2.24) is 10.2 Å². The van der Waals surface area contributed by atoms with Gasteiger partial charge >= 0.3 is 0 Å². The molecule has 6 rings (SSSR count). The van der Waals surface area contributed by atoms with Gasteiger partial charge in [-0.05, 0) is 74.1 Å². The molecule has 9 heteroatoms. The zero-order valence-corrected chi connectivity index (χ0v) is 19.9. The number of carbonyl (C=O) groups is 1. The van der Waals surface area contributed by atoms with Crippen LogP contribution in [-0.2, 0) is 4.79 Å². The second-order valence-electron chi connectivity index (χ2n) is 9.46. The van der Waals surface area contributed by atoms with Crippen LogP contribution in [0, 0.1) is 5.41 Å². The number of nitrogens with zero attached hydrogens (tertiary/aromatic N) is 4. The Morgan fingerprint density at radius 3 is 2.71 bits per heavy atom. The van der Waals surface area contributed by atoms with E-state index in [4.69, 9.17) is 15.4 Å². The number of hydrogen-bond acceptors (Lipinski definition) is 6. The predicted octanol–water partition coefficient (Wildman–Crippen LogP) is 5.12. The molecule has 2 bridgehead atoms. The molecule has 0 aliphatic heterocycles. The van der Waals surface area contributed by atoms with E-state index in [0.717, 1.165) is 55.3 Å². The number of carbonyl (C=O) groups excluding carboxylic acids is 1. The first kappa shape index (κ1) is 24.6. The minimum Gasteiger partial charge on any atom is -0.420 e. The van der Waals surface area contributed by atoms with Gasteiger partial charge in [0.05, 0.1) is 6.67 Å². The van der Waals surface area contributed by atoms with Gasteiger partial charge in [0.1, 0.15) is 0 Å². The number of benzene rings is 1. The van der Waals surface area contributed by atoms with Crippen LogP contribution in [0.4, 0.5) is 10.1 Å². The summed E-state index contributed by atoms with van der Waals surface area (Å²) in [5.41, 5.74) is 9.41. The van der Waals surface area contributed by atoms with Crippen LogP contribution < -0.4 is 10.6 Å². The molecule has 186 valence electrons. The maximum atomic E-state index is 13.1. The van der Waals surface area contributed by atoms with Gasteiger partial charge in [-0.2, -0.15) is 0 Å². The molecule has 3 N–H and O–H groups in total. The molecule has 4 aliphatic rings. The summed E-state index contributed by atoms with van der Waals surface area (Å²) in [6, 6.07) is 7.56. The first-order valence-electron chi connectivity index (χ1n) is 12.0. The lowest BCUT2D eigenvalue weighted by molar-refractivity contribution is -0.119. The molecule has 1 amide bonds. The van der Waals surface area contributed by atoms with Gasteiger partial charge in [-0.15, -0.1) is 23.4 Å². The molecule has 8 nitrogen and oxygen atoms in total. The standard InChI is InChI=1S/C24H28FN5O3.C2H4/c25-10-2-5-20(31)30(14-24-9-8-19(21(26)29-32)17(12-24)13-24)18-4-1-3-16(11-18)23-28-27-22(33-23)15-6-7-15;1-2/h1,3-4,11,15,32H,2,5-10,12-14H2,(H2,26,29);1-2H2. The fourth-order valence-corrected chi connectivity index (χ4v) is 5.04. The van der Waals surface area contributed by atoms with E-state index in [0.29, 0.717) is 24.2 Å². The van der Waals surface area contributed by atoms with E-state index in [1.165, 1.54) is 5.57 Å². The Kier molecular flexibility index (Phi) is 7.33. The van der Waals surface area contributed by atoms with Gasteiger partial charge in [0.15, 0.2) is 5.84 Å². The summed E-state index contributed by atoms with van der Waals surface area (Å²) in [4.78, 5) is 14.9. The van der Waals surface area contributed by atoms with Gasteiger partial charge in [0.25, 0.3) is 0 Å². The molecule has 0 radical (unpaired) electrons. The van der Waals surface area contributed by atoms with Gasteiger partial charge in [0, 0.05) is 30.1 Å². The summed E-state index contributed by atoms with van der Waals surface area (Å²) in [6.07, 6.45) is 5.73. The van der Waals surface area contributed by atoms with Gasteiger partial charge in [-0.1, -0.05) is 16.8 Å². The van der Waals surface area contributed by atoms with Crippen molar-refractivity contribution < 1.29 is 18.8 Å². The topological polar surface area (TPSA) is 118 Å². The summed E-state index contributed by atoms with van der Waals surface area (Å²) in [5, 5.41) is 20.5. The minimum atomic E-state index is -0.521. The number of fused-ring (bicyclic) bond motifs is 2. The summed E-state index contributed by atoms with van der Waals surface area (Å²) in [5.74, 6) is 1.58. The molecule has 0 atom stereocenters. The van der Waals surface area contributed by atoms with Crippen molar-refractivity contribution in [3.8, 4) is 11.5 Å². The van der Waals surface area contributed by atoms with Crippen molar-refractivity contribution in [2.24, 2.45) is 16.3 Å². The second kappa shape index (κ2) is 10.4. The van der Waals surface area contributed by atoms with Crippen LogP contribution in [0.5, 0.6) is 0 Å². The number of alkyl halides is 1. The van der Waals surface area contributed by atoms with E-state index in [1.54, 1.807) is 4.90 Å². The monoisotopic (exact) mass is 481 g/mol. The van der Waals surface area contributed by atoms with Crippen molar-refractivity contribution in [3.63, 3.8) is 0 Å². The number of aromatic nitrogens is 2. The van der Waals surface area contributed by atoms with Crippen LogP contribution in [0.2, 0.25) is 0 Å². The maximum Gasteiger partial charge on any atom is 0.247 e.